The normalized spacial score (nSPS) is 12.5. The lowest BCUT2D eigenvalue weighted by Crippen LogP contribution is -2.58. The van der Waals surface area contributed by atoms with Gasteiger partial charge in [0.05, 0.1) is 5.52 Å². The van der Waals surface area contributed by atoms with Gasteiger partial charge >= 0.3 is 0 Å². The van der Waals surface area contributed by atoms with E-state index in [1.165, 1.54) is 99.5 Å². The summed E-state index contributed by atoms with van der Waals surface area (Å²) in [5.74, 6) is 1.84. The quantitative estimate of drug-likeness (QED) is 0.168. The second-order valence-corrected chi connectivity index (χ2v) is 15.1. The zero-order valence-corrected chi connectivity index (χ0v) is 30.5. The summed E-state index contributed by atoms with van der Waals surface area (Å²) in [6, 6.07) is 60.3. The van der Waals surface area contributed by atoms with Crippen LogP contribution in [0.3, 0.4) is 0 Å². The minimum absolute atomic E-state index is 0.0221. The fourth-order valence-electron chi connectivity index (χ4n) is 9.48. The molecule has 254 valence electrons. The lowest BCUT2D eigenvalue weighted by molar-refractivity contribution is 0.487. The third-order valence-corrected chi connectivity index (χ3v) is 11.7. The summed E-state index contributed by atoms with van der Waals surface area (Å²) in [4.78, 5) is 0. The summed E-state index contributed by atoms with van der Waals surface area (Å²) in [5, 5.41) is 2.52. The predicted molar refractivity (Wildman–Crippen MR) is 228 cm³/mol. The summed E-state index contributed by atoms with van der Waals surface area (Å²) in [6.07, 6.45) is 0. The molecule has 54 heavy (non-hydrogen) atoms. The number of rotatable bonds is 4. The maximum absolute atomic E-state index is 7.03. The highest BCUT2D eigenvalue weighted by Gasteiger charge is 2.41. The summed E-state index contributed by atoms with van der Waals surface area (Å²) in [6.45, 7) is 6.63. The van der Waals surface area contributed by atoms with E-state index in [-0.39, 0.29) is 6.71 Å². The van der Waals surface area contributed by atoms with Gasteiger partial charge in [0.2, 0.25) is 0 Å². The van der Waals surface area contributed by atoms with Gasteiger partial charge in [-0.1, -0.05) is 133 Å². The molecule has 9 aromatic rings. The molecule has 0 N–H and O–H groups in total. The van der Waals surface area contributed by atoms with E-state index in [2.05, 4.69) is 189 Å². The fraction of sp³-hybridized carbons (Fsp3) is 0.0588. The Balaban J connectivity index is 1.27. The van der Waals surface area contributed by atoms with Crippen LogP contribution in [-0.2, 0) is 0 Å². The van der Waals surface area contributed by atoms with Crippen molar-refractivity contribution in [3.63, 3.8) is 0 Å². The predicted octanol–water partition coefficient (Wildman–Crippen LogP) is 11.3. The van der Waals surface area contributed by atoms with E-state index in [4.69, 9.17) is 4.74 Å². The zero-order chi connectivity index (χ0) is 36.1. The molecule has 1 aromatic heterocycles. The Hall–Kier alpha value is -6.58. The molecule has 2 nitrogen and oxygen atoms in total. The molecule has 2 aliphatic rings. The maximum atomic E-state index is 7.03. The molecule has 0 saturated carbocycles. The number of ether oxygens (including phenoxy) is 1. The number of hydrogen-bond acceptors (Lipinski definition) is 1. The molecule has 0 radical (unpaired) electrons. The van der Waals surface area contributed by atoms with Crippen molar-refractivity contribution in [3.8, 4) is 61.7 Å². The van der Waals surface area contributed by atoms with E-state index >= 15 is 0 Å². The van der Waals surface area contributed by atoms with Gasteiger partial charge in [0, 0.05) is 22.0 Å². The smallest absolute Gasteiger partial charge is 0.256 e. The first-order chi connectivity index (χ1) is 26.5. The number of aromatic nitrogens is 1. The summed E-state index contributed by atoms with van der Waals surface area (Å²) >= 11 is 0. The SMILES string of the molecule is Cc1cc(C)c(-c2ccc3c(c2)B2c4c(cc(-c5ccccc5)cc4-n4c5ccc(-c6ccccc6)cc5c5cc(-c6ccccc6)cc2c54)O3)c(C)c1. The third kappa shape index (κ3) is 4.61. The van der Waals surface area contributed by atoms with Gasteiger partial charge in [-0.25, -0.2) is 0 Å². The molecule has 11 rings (SSSR count). The van der Waals surface area contributed by atoms with Gasteiger partial charge in [-0.2, -0.15) is 0 Å². The minimum atomic E-state index is -0.0221. The standard InChI is InChI=1S/C51H36BNO/c1-31-23-32(2)49(33(3)24-31)38-20-22-47-43(27-38)52-44-28-39(35-15-9-5-10-16-35)26-42-41-25-37(34-13-7-4-8-14-34)19-21-45(41)53(51(42)44)46-29-40(30-48(54-47)50(46)52)36-17-11-6-12-18-36/h4-30H,1-3H3. The lowest BCUT2D eigenvalue weighted by atomic mass is 9.34. The lowest BCUT2D eigenvalue weighted by Gasteiger charge is -2.34. The monoisotopic (exact) mass is 689 g/mol. The van der Waals surface area contributed by atoms with Gasteiger partial charge in [-0.15, -0.1) is 0 Å². The Morgan fingerprint density at radius 3 is 1.69 bits per heavy atom. The molecule has 0 spiro atoms. The van der Waals surface area contributed by atoms with Crippen LogP contribution in [0.5, 0.6) is 11.5 Å². The van der Waals surface area contributed by atoms with Crippen molar-refractivity contribution in [2.24, 2.45) is 0 Å². The van der Waals surface area contributed by atoms with Crippen LogP contribution in [0, 0.1) is 20.8 Å². The fourth-order valence-corrected chi connectivity index (χ4v) is 9.48. The average Bonchev–Trinajstić information content (AvgIpc) is 3.54. The molecule has 0 unspecified atom stereocenters. The second kappa shape index (κ2) is 11.7. The van der Waals surface area contributed by atoms with Crippen molar-refractivity contribution in [1.82, 2.24) is 4.57 Å². The van der Waals surface area contributed by atoms with Crippen molar-refractivity contribution in [2.45, 2.75) is 20.8 Å². The Labute approximate surface area is 316 Å². The Morgan fingerprint density at radius 2 is 1.02 bits per heavy atom. The second-order valence-electron chi connectivity index (χ2n) is 15.1. The van der Waals surface area contributed by atoms with Crippen molar-refractivity contribution in [2.75, 3.05) is 0 Å². The number of benzene rings is 8. The molecule has 2 aliphatic heterocycles. The third-order valence-electron chi connectivity index (χ3n) is 11.7. The Morgan fingerprint density at radius 1 is 0.444 bits per heavy atom. The van der Waals surface area contributed by atoms with Gasteiger partial charge in [-0.05, 0) is 129 Å². The van der Waals surface area contributed by atoms with E-state index in [1.807, 2.05) is 0 Å². The zero-order valence-electron chi connectivity index (χ0n) is 30.5. The van der Waals surface area contributed by atoms with Gasteiger partial charge in [-0.3, -0.25) is 0 Å². The first-order valence-corrected chi connectivity index (χ1v) is 18.9. The Kier molecular flexibility index (Phi) is 6.72. The van der Waals surface area contributed by atoms with Crippen molar-refractivity contribution in [3.05, 3.63) is 180 Å². The maximum Gasteiger partial charge on any atom is 0.256 e. The highest BCUT2D eigenvalue weighted by molar-refractivity contribution is 6.99. The van der Waals surface area contributed by atoms with E-state index in [0.717, 1.165) is 17.1 Å². The van der Waals surface area contributed by atoms with Gasteiger partial charge in [0.1, 0.15) is 11.5 Å². The number of fused-ring (bicyclic) bond motifs is 7. The molecule has 0 saturated heterocycles. The molecular weight excluding hydrogens is 653 g/mol. The minimum Gasteiger partial charge on any atom is -0.458 e. The number of nitrogens with zero attached hydrogens (tertiary/aromatic N) is 1. The topological polar surface area (TPSA) is 14.2 Å². The van der Waals surface area contributed by atoms with Gasteiger partial charge < -0.3 is 9.30 Å². The van der Waals surface area contributed by atoms with E-state index in [1.54, 1.807) is 0 Å². The van der Waals surface area contributed by atoms with Gasteiger partial charge in [0.25, 0.3) is 6.71 Å². The molecule has 3 heterocycles. The molecule has 3 heteroatoms. The van der Waals surface area contributed by atoms with Crippen molar-refractivity contribution < 1.29 is 4.74 Å². The van der Waals surface area contributed by atoms with Crippen LogP contribution in [0.1, 0.15) is 16.7 Å². The van der Waals surface area contributed by atoms with Gasteiger partial charge in [0.15, 0.2) is 0 Å². The molecule has 0 amide bonds. The van der Waals surface area contributed by atoms with Crippen LogP contribution in [0.15, 0.2) is 164 Å². The molecule has 0 aliphatic carbocycles. The molecule has 0 fully saturated rings. The van der Waals surface area contributed by atoms with Crippen molar-refractivity contribution in [1.29, 1.82) is 0 Å². The van der Waals surface area contributed by atoms with E-state index in [9.17, 15) is 0 Å². The summed E-state index contributed by atoms with van der Waals surface area (Å²) < 4.78 is 9.56. The number of hydrogen-bond donors (Lipinski definition) is 0. The molecule has 0 atom stereocenters. The first-order valence-electron chi connectivity index (χ1n) is 18.9. The van der Waals surface area contributed by atoms with E-state index < -0.39 is 0 Å². The average molecular weight is 690 g/mol. The van der Waals surface area contributed by atoms with Crippen LogP contribution >= 0.6 is 0 Å². The first kappa shape index (κ1) is 31.0. The van der Waals surface area contributed by atoms with Crippen LogP contribution in [0.4, 0.5) is 0 Å². The summed E-state index contributed by atoms with van der Waals surface area (Å²) in [7, 11) is 0. The largest absolute Gasteiger partial charge is 0.458 e. The summed E-state index contributed by atoms with van der Waals surface area (Å²) in [5.41, 5.74) is 21.0. The van der Waals surface area contributed by atoms with Crippen LogP contribution < -0.4 is 21.1 Å². The van der Waals surface area contributed by atoms with E-state index in [0.29, 0.717) is 0 Å². The molecule has 0 bridgehead atoms. The molecule has 8 aromatic carbocycles. The van der Waals surface area contributed by atoms with Crippen LogP contribution in [-0.4, -0.2) is 11.3 Å². The Bertz CT molecular complexity index is 2960. The highest BCUT2D eigenvalue weighted by Crippen LogP contribution is 2.42. The number of aryl methyl sites for hydroxylation is 3. The highest BCUT2D eigenvalue weighted by atomic mass is 16.5. The molecular formula is C51H36BNO. The van der Waals surface area contributed by atoms with Crippen molar-refractivity contribution >= 4 is 44.9 Å². The van der Waals surface area contributed by atoms with Crippen LogP contribution in [0.25, 0.3) is 72.0 Å². The van der Waals surface area contributed by atoms with Crippen LogP contribution in [0.2, 0.25) is 0 Å².